The molecule has 2 atom stereocenters. The summed E-state index contributed by atoms with van der Waals surface area (Å²) in [5.74, 6) is -1.71. The summed E-state index contributed by atoms with van der Waals surface area (Å²) in [4.78, 5) is 0. The third-order valence-corrected chi connectivity index (χ3v) is 5.78. The third-order valence-electron chi connectivity index (χ3n) is 5.78. The zero-order chi connectivity index (χ0) is 18.0. The molecule has 136 valence electrons. The number of fused-ring (bicyclic) bond motifs is 1. The van der Waals surface area contributed by atoms with E-state index in [1.165, 1.54) is 44.9 Å². The van der Waals surface area contributed by atoms with Crippen LogP contribution in [0.25, 0.3) is 10.8 Å². The summed E-state index contributed by atoms with van der Waals surface area (Å²) in [5.41, 5.74) is 0.677. The molecule has 3 rings (SSSR count). The van der Waals surface area contributed by atoms with Gasteiger partial charge in [0.2, 0.25) is 0 Å². The lowest BCUT2D eigenvalue weighted by Crippen LogP contribution is -2.19. The summed E-state index contributed by atoms with van der Waals surface area (Å²) < 4.78 is 47.6. The second-order valence-electron chi connectivity index (χ2n) is 7.09. The zero-order valence-electron chi connectivity index (χ0n) is 14.9. The van der Waals surface area contributed by atoms with E-state index in [0.29, 0.717) is 29.2 Å². The molecule has 0 aromatic heterocycles. The quantitative estimate of drug-likeness (QED) is 0.605. The lowest BCUT2D eigenvalue weighted by molar-refractivity contribution is 0.218. The van der Waals surface area contributed by atoms with Crippen molar-refractivity contribution in [1.29, 1.82) is 0 Å². The number of benzene rings is 2. The van der Waals surface area contributed by atoms with Crippen molar-refractivity contribution >= 4 is 10.8 Å². The van der Waals surface area contributed by atoms with Gasteiger partial charge in [-0.1, -0.05) is 45.1 Å². The molecule has 0 aliphatic heterocycles. The molecule has 1 fully saturated rings. The first-order valence-corrected chi connectivity index (χ1v) is 9.19. The van der Waals surface area contributed by atoms with Crippen LogP contribution in [-0.2, 0) is 6.42 Å². The van der Waals surface area contributed by atoms with Gasteiger partial charge in [0.25, 0.3) is 0 Å². The number of aryl methyl sites for hydroxylation is 1. The molecule has 0 bridgehead atoms. The van der Waals surface area contributed by atoms with E-state index in [0.717, 1.165) is 12.8 Å². The van der Waals surface area contributed by atoms with Gasteiger partial charge >= 0.3 is 0 Å². The first-order chi connectivity index (χ1) is 12.1. The fraction of sp³-hybridized carbons (Fsp3) is 0.524. The molecule has 0 radical (unpaired) electrons. The second-order valence-corrected chi connectivity index (χ2v) is 7.09. The molecule has 0 N–H and O–H groups in total. The third kappa shape index (κ3) is 3.49. The Morgan fingerprint density at radius 2 is 1.76 bits per heavy atom. The molecule has 0 spiro atoms. The van der Waals surface area contributed by atoms with Gasteiger partial charge in [-0.05, 0) is 47.8 Å². The Labute approximate surface area is 147 Å². The lowest BCUT2D eigenvalue weighted by Gasteiger charge is -2.31. The molecule has 1 nitrogen and oxygen atoms in total. The maximum absolute atomic E-state index is 14.5. The predicted molar refractivity (Wildman–Crippen MR) is 94.4 cm³/mol. The Morgan fingerprint density at radius 1 is 1.04 bits per heavy atom. The molecule has 0 saturated heterocycles. The number of rotatable bonds is 5. The first kappa shape index (κ1) is 18.1. The molecule has 1 aliphatic rings. The van der Waals surface area contributed by atoms with Crippen molar-refractivity contribution in [3.05, 3.63) is 41.2 Å². The Kier molecular flexibility index (Phi) is 5.55. The number of methoxy groups -OCH3 is 1. The largest absolute Gasteiger partial charge is 0.494 e. The summed E-state index contributed by atoms with van der Waals surface area (Å²) in [6.45, 7) is 2.22. The van der Waals surface area contributed by atoms with Gasteiger partial charge in [0, 0.05) is 0 Å². The molecule has 1 aliphatic carbocycles. The maximum atomic E-state index is 14.5. The van der Waals surface area contributed by atoms with Gasteiger partial charge in [-0.25, -0.2) is 13.2 Å². The fourth-order valence-corrected chi connectivity index (χ4v) is 4.36. The fourth-order valence-electron chi connectivity index (χ4n) is 4.36. The van der Waals surface area contributed by atoms with Crippen LogP contribution in [0.5, 0.6) is 5.75 Å². The van der Waals surface area contributed by atoms with E-state index in [9.17, 15) is 13.2 Å². The molecule has 4 heteroatoms. The van der Waals surface area contributed by atoms with Gasteiger partial charge in [-0.15, -0.1) is 0 Å². The van der Waals surface area contributed by atoms with E-state index >= 15 is 0 Å². The summed E-state index contributed by atoms with van der Waals surface area (Å²) >= 11 is 0. The number of hydrogen-bond acceptors (Lipinski definition) is 1. The molecule has 0 heterocycles. The highest BCUT2D eigenvalue weighted by molar-refractivity contribution is 5.88. The highest BCUT2D eigenvalue weighted by Crippen LogP contribution is 2.37. The topological polar surface area (TPSA) is 9.23 Å². The van der Waals surface area contributed by atoms with Crippen molar-refractivity contribution in [2.75, 3.05) is 7.11 Å². The van der Waals surface area contributed by atoms with E-state index in [1.807, 2.05) is 0 Å². The number of halogens is 3. The van der Waals surface area contributed by atoms with Crippen LogP contribution in [-0.4, -0.2) is 7.11 Å². The van der Waals surface area contributed by atoms with Crippen LogP contribution >= 0.6 is 0 Å². The van der Waals surface area contributed by atoms with Crippen LogP contribution < -0.4 is 4.74 Å². The lowest BCUT2D eigenvalue weighted by atomic mass is 9.75. The van der Waals surface area contributed by atoms with Crippen LogP contribution in [0.4, 0.5) is 13.2 Å². The van der Waals surface area contributed by atoms with Crippen LogP contribution in [0, 0.1) is 29.3 Å². The summed E-state index contributed by atoms with van der Waals surface area (Å²) in [7, 11) is 1.32. The minimum atomic E-state index is -1.14. The maximum Gasteiger partial charge on any atom is 0.175 e. The Bertz CT molecular complexity index is 757. The molecule has 0 amide bonds. The highest BCUT2D eigenvalue weighted by atomic mass is 19.2. The van der Waals surface area contributed by atoms with Gasteiger partial charge in [-0.2, -0.15) is 0 Å². The van der Waals surface area contributed by atoms with Crippen molar-refractivity contribution in [3.63, 3.8) is 0 Å². The Morgan fingerprint density at radius 3 is 2.44 bits per heavy atom. The van der Waals surface area contributed by atoms with E-state index in [1.54, 1.807) is 6.07 Å². The molecular formula is C21H25F3O. The van der Waals surface area contributed by atoms with Crippen LogP contribution in [0.15, 0.2) is 18.2 Å². The monoisotopic (exact) mass is 350 g/mol. The van der Waals surface area contributed by atoms with E-state index in [-0.39, 0.29) is 11.1 Å². The van der Waals surface area contributed by atoms with Gasteiger partial charge in [0.05, 0.1) is 12.5 Å². The van der Waals surface area contributed by atoms with Crippen LogP contribution in [0.3, 0.4) is 0 Å². The molecule has 2 aromatic carbocycles. The van der Waals surface area contributed by atoms with Crippen molar-refractivity contribution < 1.29 is 17.9 Å². The van der Waals surface area contributed by atoms with Crippen LogP contribution in [0.1, 0.15) is 51.0 Å². The minimum absolute atomic E-state index is 0.0683. The normalized spacial score (nSPS) is 20.8. The molecular weight excluding hydrogens is 325 g/mol. The Hall–Kier alpha value is -1.71. The van der Waals surface area contributed by atoms with Crippen molar-refractivity contribution in [1.82, 2.24) is 0 Å². The van der Waals surface area contributed by atoms with Crippen LogP contribution in [0.2, 0.25) is 0 Å². The highest BCUT2D eigenvalue weighted by Gasteiger charge is 2.24. The molecule has 2 aromatic rings. The summed E-state index contributed by atoms with van der Waals surface area (Å²) in [6.07, 6.45) is 7.72. The molecule has 1 saturated carbocycles. The second kappa shape index (κ2) is 7.67. The zero-order valence-corrected chi connectivity index (χ0v) is 14.9. The summed E-state index contributed by atoms with van der Waals surface area (Å²) in [6, 6.07) is 4.34. The Balaban J connectivity index is 1.94. The van der Waals surface area contributed by atoms with Crippen molar-refractivity contribution in [3.8, 4) is 5.75 Å². The molecule has 2 unspecified atom stereocenters. The SMILES string of the molecule is CCC1CCCCC1CCc1cc(F)c(F)c2c(F)c(OC)ccc12. The minimum Gasteiger partial charge on any atom is -0.494 e. The van der Waals surface area contributed by atoms with Crippen molar-refractivity contribution in [2.24, 2.45) is 11.8 Å². The van der Waals surface area contributed by atoms with Crippen molar-refractivity contribution in [2.45, 2.75) is 51.9 Å². The van der Waals surface area contributed by atoms with E-state index in [2.05, 4.69) is 6.92 Å². The standard InChI is InChI=1S/C21H25F3O/c1-3-13-6-4-5-7-14(13)8-9-15-12-17(22)20(23)19-16(15)10-11-18(25-2)21(19)24/h10-14H,3-9H2,1-2H3. The summed E-state index contributed by atoms with van der Waals surface area (Å²) in [5, 5.41) is 0.145. The number of hydrogen-bond donors (Lipinski definition) is 0. The smallest absolute Gasteiger partial charge is 0.175 e. The first-order valence-electron chi connectivity index (χ1n) is 9.19. The average Bonchev–Trinajstić information content (AvgIpc) is 2.63. The average molecular weight is 350 g/mol. The predicted octanol–water partition coefficient (Wildman–Crippen LogP) is 6.41. The number of ether oxygens (including phenoxy) is 1. The van der Waals surface area contributed by atoms with Gasteiger partial charge < -0.3 is 4.74 Å². The van der Waals surface area contributed by atoms with Gasteiger partial charge in [0.1, 0.15) is 0 Å². The molecule has 25 heavy (non-hydrogen) atoms. The van der Waals surface area contributed by atoms with E-state index < -0.39 is 17.5 Å². The van der Waals surface area contributed by atoms with Gasteiger partial charge in [0.15, 0.2) is 23.2 Å². The van der Waals surface area contributed by atoms with Gasteiger partial charge in [-0.3, -0.25) is 0 Å². The van der Waals surface area contributed by atoms with E-state index in [4.69, 9.17) is 4.74 Å².